The van der Waals surface area contributed by atoms with Gasteiger partial charge in [-0.3, -0.25) is 9.59 Å². The zero-order chi connectivity index (χ0) is 18.2. The number of ketones is 1. The molecule has 2 aromatic rings. The predicted octanol–water partition coefficient (Wildman–Crippen LogP) is 1.85. The molecular weight excluding hydrogens is 326 g/mol. The molecule has 0 aliphatic carbocycles. The van der Waals surface area contributed by atoms with Gasteiger partial charge in [0.05, 0.1) is 33.3 Å². The molecule has 0 spiro atoms. The van der Waals surface area contributed by atoms with E-state index in [-0.39, 0.29) is 17.6 Å². The van der Waals surface area contributed by atoms with Crippen LogP contribution in [0.4, 0.5) is 5.69 Å². The topological polar surface area (TPSA) is 99.6 Å². The number of aromatic nitrogens is 2. The first-order valence-corrected chi connectivity index (χ1v) is 7.44. The molecule has 1 aromatic carbocycles. The van der Waals surface area contributed by atoms with Crippen LogP contribution in [0.2, 0.25) is 0 Å². The van der Waals surface area contributed by atoms with Crippen molar-refractivity contribution in [3.05, 3.63) is 41.7 Å². The van der Waals surface area contributed by atoms with Crippen molar-refractivity contribution in [1.82, 2.24) is 9.97 Å². The van der Waals surface area contributed by atoms with Gasteiger partial charge in [-0.1, -0.05) is 18.2 Å². The van der Waals surface area contributed by atoms with Gasteiger partial charge in [0.2, 0.25) is 29.3 Å². The second-order valence-corrected chi connectivity index (χ2v) is 5.01. The summed E-state index contributed by atoms with van der Waals surface area (Å²) >= 11 is 0. The van der Waals surface area contributed by atoms with E-state index in [2.05, 4.69) is 15.3 Å². The van der Waals surface area contributed by atoms with E-state index in [0.717, 1.165) is 5.56 Å². The molecule has 0 radical (unpaired) electrons. The Balaban J connectivity index is 2.09. The highest BCUT2D eigenvalue weighted by Crippen LogP contribution is 2.18. The number of para-hydroxylation sites is 1. The van der Waals surface area contributed by atoms with E-state index in [1.165, 1.54) is 20.3 Å². The average Bonchev–Trinajstić information content (AvgIpc) is 2.62. The smallest absolute Gasteiger partial charge is 0.232 e. The Morgan fingerprint density at radius 2 is 1.68 bits per heavy atom. The maximum atomic E-state index is 12.3. The number of nitrogens with zero attached hydrogens (tertiary/aromatic N) is 2. The van der Waals surface area contributed by atoms with Gasteiger partial charge in [-0.15, -0.1) is 0 Å². The van der Waals surface area contributed by atoms with E-state index >= 15 is 0 Å². The summed E-state index contributed by atoms with van der Waals surface area (Å²) in [5, 5.41) is 2.70. The lowest BCUT2D eigenvalue weighted by atomic mass is 10.1. The summed E-state index contributed by atoms with van der Waals surface area (Å²) in [6, 6.07) is 8.63. The summed E-state index contributed by atoms with van der Waals surface area (Å²) in [5.74, 6) is -0.795. The molecule has 8 nitrogen and oxygen atoms in total. The number of hydrogen-bond donors (Lipinski definition) is 1. The lowest BCUT2D eigenvalue weighted by Gasteiger charge is -2.10. The van der Waals surface area contributed by atoms with Crippen LogP contribution in [0.5, 0.6) is 11.8 Å². The molecule has 25 heavy (non-hydrogen) atoms. The normalized spacial score (nSPS) is 10.2. The number of nitrogens with one attached hydrogen (secondary N) is 1. The van der Waals surface area contributed by atoms with Gasteiger partial charge in [0.1, 0.15) is 0 Å². The van der Waals surface area contributed by atoms with E-state index in [0.29, 0.717) is 12.3 Å². The van der Waals surface area contributed by atoms with E-state index in [4.69, 9.17) is 14.2 Å². The summed E-state index contributed by atoms with van der Waals surface area (Å²) in [7, 11) is 4.39. The van der Waals surface area contributed by atoms with Crippen LogP contribution < -0.4 is 14.8 Å². The summed E-state index contributed by atoms with van der Waals surface area (Å²) in [6.07, 6.45) is -0.405. The van der Waals surface area contributed by atoms with Gasteiger partial charge in [-0.05, 0) is 6.07 Å². The van der Waals surface area contributed by atoms with Crippen molar-refractivity contribution in [3.63, 3.8) is 0 Å². The summed E-state index contributed by atoms with van der Waals surface area (Å²) in [6.45, 7) is 0.348. The molecule has 8 heteroatoms. The second-order valence-electron chi connectivity index (χ2n) is 5.01. The van der Waals surface area contributed by atoms with Gasteiger partial charge in [0.15, 0.2) is 0 Å². The average molecular weight is 345 g/mol. The Bertz CT molecular complexity index is 741. The SMILES string of the molecule is COCc1ccccc1NC(=O)CC(=O)c1nc(OC)cc(OC)n1. The van der Waals surface area contributed by atoms with Crippen LogP contribution in [0.25, 0.3) is 0 Å². The highest BCUT2D eigenvalue weighted by atomic mass is 16.5. The van der Waals surface area contributed by atoms with Crippen molar-refractivity contribution < 1.29 is 23.8 Å². The molecule has 0 saturated heterocycles. The van der Waals surface area contributed by atoms with Gasteiger partial charge in [-0.25, -0.2) is 0 Å². The zero-order valence-electron chi connectivity index (χ0n) is 14.2. The summed E-state index contributed by atoms with van der Waals surface area (Å²) in [4.78, 5) is 32.3. The van der Waals surface area contributed by atoms with Gasteiger partial charge in [0.25, 0.3) is 0 Å². The molecular formula is C17H19N3O5. The molecule has 1 aromatic heterocycles. The molecule has 1 amide bonds. The number of Topliss-reactive ketones (excluding diaryl/α,β-unsaturated/α-hetero) is 1. The van der Waals surface area contributed by atoms with Crippen LogP contribution in [-0.2, 0) is 16.1 Å². The molecule has 1 N–H and O–H groups in total. The van der Waals surface area contributed by atoms with Crippen LogP contribution in [0.3, 0.4) is 0 Å². The number of ether oxygens (including phenoxy) is 3. The van der Waals surface area contributed by atoms with Crippen molar-refractivity contribution in [1.29, 1.82) is 0 Å². The van der Waals surface area contributed by atoms with Crippen LogP contribution in [-0.4, -0.2) is 43.0 Å². The fraction of sp³-hybridized carbons (Fsp3) is 0.294. The Morgan fingerprint density at radius 1 is 1.04 bits per heavy atom. The Hall–Kier alpha value is -3.00. The van der Waals surface area contributed by atoms with Crippen molar-refractivity contribution >= 4 is 17.4 Å². The van der Waals surface area contributed by atoms with Crippen molar-refractivity contribution in [2.24, 2.45) is 0 Å². The minimum absolute atomic E-state index is 0.142. The first-order chi connectivity index (χ1) is 12.1. The van der Waals surface area contributed by atoms with E-state index in [1.54, 1.807) is 19.2 Å². The number of methoxy groups -OCH3 is 3. The second kappa shape index (κ2) is 8.74. The number of anilines is 1. The Morgan fingerprint density at radius 3 is 2.28 bits per heavy atom. The number of carbonyl (C=O) groups excluding carboxylic acids is 2. The minimum Gasteiger partial charge on any atom is -0.481 e. The molecule has 0 unspecified atom stereocenters. The first-order valence-electron chi connectivity index (χ1n) is 7.44. The number of rotatable bonds is 8. The quantitative estimate of drug-likeness (QED) is 0.576. The van der Waals surface area contributed by atoms with Gasteiger partial charge >= 0.3 is 0 Å². The number of hydrogen-bond acceptors (Lipinski definition) is 7. The number of benzene rings is 1. The highest BCUT2D eigenvalue weighted by molar-refractivity contribution is 6.09. The van der Waals surface area contributed by atoms with Crippen molar-refractivity contribution in [3.8, 4) is 11.8 Å². The molecule has 132 valence electrons. The third-order valence-corrected chi connectivity index (χ3v) is 3.26. The van der Waals surface area contributed by atoms with E-state index in [1.807, 2.05) is 12.1 Å². The third kappa shape index (κ3) is 4.98. The minimum atomic E-state index is -0.543. The molecule has 0 aliphatic rings. The Kier molecular flexibility index (Phi) is 6.41. The largest absolute Gasteiger partial charge is 0.481 e. The standard InChI is InChI=1S/C17H19N3O5/c1-23-10-11-6-4-5-7-12(11)18-14(22)8-13(21)17-19-15(24-2)9-16(20-17)25-3/h4-7,9H,8,10H2,1-3H3,(H,18,22). The van der Waals surface area contributed by atoms with Crippen LogP contribution in [0.1, 0.15) is 22.6 Å². The molecule has 0 saturated carbocycles. The molecule has 2 rings (SSSR count). The molecule has 0 fully saturated rings. The van der Waals surface area contributed by atoms with Gasteiger partial charge in [-0.2, -0.15) is 9.97 Å². The monoisotopic (exact) mass is 345 g/mol. The van der Waals surface area contributed by atoms with Crippen molar-refractivity contribution in [2.45, 2.75) is 13.0 Å². The fourth-order valence-electron chi connectivity index (χ4n) is 2.08. The maximum absolute atomic E-state index is 12.3. The number of amides is 1. The zero-order valence-corrected chi connectivity index (χ0v) is 14.2. The van der Waals surface area contributed by atoms with Crippen LogP contribution in [0, 0.1) is 0 Å². The van der Waals surface area contributed by atoms with Gasteiger partial charge in [0, 0.05) is 18.4 Å². The van der Waals surface area contributed by atoms with E-state index in [9.17, 15) is 9.59 Å². The number of carbonyl (C=O) groups is 2. The molecule has 0 aliphatic heterocycles. The van der Waals surface area contributed by atoms with Crippen LogP contribution in [0.15, 0.2) is 30.3 Å². The first kappa shape index (κ1) is 18.3. The highest BCUT2D eigenvalue weighted by Gasteiger charge is 2.18. The lowest BCUT2D eigenvalue weighted by Crippen LogP contribution is -2.19. The maximum Gasteiger partial charge on any atom is 0.232 e. The summed E-state index contributed by atoms with van der Waals surface area (Å²) < 4.78 is 15.1. The summed E-state index contributed by atoms with van der Waals surface area (Å²) in [5.41, 5.74) is 1.40. The molecule has 1 heterocycles. The predicted molar refractivity (Wildman–Crippen MR) is 89.9 cm³/mol. The van der Waals surface area contributed by atoms with Gasteiger partial charge < -0.3 is 19.5 Å². The molecule has 0 atom stereocenters. The molecule has 0 bridgehead atoms. The Labute approximate surface area is 145 Å². The third-order valence-electron chi connectivity index (χ3n) is 3.26. The lowest BCUT2D eigenvalue weighted by molar-refractivity contribution is -0.115. The fourth-order valence-corrected chi connectivity index (χ4v) is 2.08. The van der Waals surface area contributed by atoms with Crippen LogP contribution >= 0.6 is 0 Å². The van der Waals surface area contributed by atoms with Crippen molar-refractivity contribution in [2.75, 3.05) is 26.6 Å². The van der Waals surface area contributed by atoms with E-state index < -0.39 is 18.1 Å².